The van der Waals surface area contributed by atoms with Crippen LogP contribution in [0.15, 0.2) is 9.79 Å². The SMILES string of the molecule is CC=Nc1c(NCCC(CO)COC[C@@H]2O[C@H](CO)[C@H](O)[C@H](O)[C@H]2O)nc(N)[nH]c1=O. The topological polar surface area (TPSA) is 216 Å². The van der Waals surface area contributed by atoms with Crippen molar-refractivity contribution in [1.82, 2.24) is 9.97 Å². The van der Waals surface area contributed by atoms with E-state index in [9.17, 15) is 30.3 Å². The second-order valence-electron chi connectivity index (χ2n) is 7.20. The highest BCUT2D eigenvalue weighted by atomic mass is 16.6. The Bertz CT molecular complexity index is 774. The summed E-state index contributed by atoms with van der Waals surface area (Å²) in [5.74, 6) is -0.114. The van der Waals surface area contributed by atoms with Crippen molar-refractivity contribution < 1.29 is 35.0 Å². The Balaban J connectivity index is 1.84. The van der Waals surface area contributed by atoms with Gasteiger partial charge in [0.2, 0.25) is 5.95 Å². The lowest BCUT2D eigenvalue weighted by Crippen LogP contribution is -2.59. The Hall–Kier alpha value is -2.13. The van der Waals surface area contributed by atoms with E-state index in [1.54, 1.807) is 6.92 Å². The van der Waals surface area contributed by atoms with Crippen molar-refractivity contribution in [2.24, 2.45) is 10.9 Å². The van der Waals surface area contributed by atoms with E-state index in [2.05, 4.69) is 20.3 Å². The van der Waals surface area contributed by atoms with E-state index in [0.717, 1.165) is 0 Å². The van der Waals surface area contributed by atoms with Gasteiger partial charge in [0, 0.05) is 25.3 Å². The van der Waals surface area contributed by atoms with Crippen molar-refractivity contribution in [2.45, 2.75) is 43.9 Å². The number of anilines is 2. The van der Waals surface area contributed by atoms with Gasteiger partial charge < -0.3 is 46.1 Å². The van der Waals surface area contributed by atoms with Crippen molar-refractivity contribution >= 4 is 23.7 Å². The van der Waals surface area contributed by atoms with E-state index in [1.807, 2.05) is 0 Å². The molecule has 9 N–H and O–H groups in total. The van der Waals surface area contributed by atoms with Crippen LogP contribution in [0, 0.1) is 5.92 Å². The molecule has 1 saturated heterocycles. The predicted octanol–water partition coefficient (Wildman–Crippen LogP) is -2.66. The lowest BCUT2D eigenvalue weighted by Gasteiger charge is -2.40. The van der Waals surface area contributed by atoms with Gasteiger partial charge in [0.15, 0.2) is 11.5 Å². The molecule has 0 aromatic carbocycles. The number of ether oxygens (including phenoxy) is 2. The van der Waals surface area contributed by atoms with Gasteiger partial charge in [-0.3, -0.25) is 14.8 Å². The van der Waals surface area contributed by atoms with E-state index in [-0.39, 0.29) is 43.2 Å². The zero-order chi connectivity index (χ0) is 23.0. The number of nitrogens with zero attached hydrogens (tertiary/aromatic N) is 2. The summed E-state index contributed by atoms with van der Waals surface area (Å²) in [6.45, 7) is 1.33. The number of aromatic nitrogens is 2. The third-order valence-electron chi connectivity index (χ3n) is 4.90. The summed E-state index contributed by atoms with van der Waals surface area (Å²) in [6, 6.07) is 0. The zero-order valence-corrected chi connectivity index (χ0v) is 17.2. The Morgan fingerprint density at radius 3 is 2.65 bits per heavy atom. The molecule has 1 aliphatic rings. The normalized spacial score (nSPS) is 27.5. The second kappa shape index (κ2) is 12.0. The van der Waals surface area contributed by atoms with Gasteiger partial charge in [0.1, 0.15) is 30.5 Å². The summed E-state index contributed by atoms with van der Waals surface area (Å²) < 4.78 is 10.9. The van der Waals surface area contributed by atoms with Crippen molar-refractivity contribution in [2.75, 3.05) is 44.0 Å². The molecule has 0 amide bonds. The van der Waals surface area contributed by atoms with E-state index in [4.69, 9.17) is 15.2 Å². The molecule has 1 aliphatic heterocycles. The highest BCUT2D eigenvalue weighted by molar-refractivity contribution is 5.68. The number of hydrogen-bond donors (Lipinski definition) is 8. The molecule has 1 fully saturated rings. The summed E-state index contributed by atoms with van der Waals surface area (Å²) in [6.07, 6.45) is -4.30. The molecule has 0 aliphatic carbocycles. The Labute approximate surface area is 178 Å². The zero-order valence-electron chi connectivity index (χ0n) is 17.2. The molecular formula is C18H31N5O8. The number of aliphatic hydroxyl groups is 5. The number of aliphatic hydroxyl groups excluding tert-OH is 5. The van der Waals surface area contributed by atoms with Crippen LogP contribution in [0.3, 0.4) is 0 Å². The number of nitrogen functional groups attached to an aromatic ring is 1. The van der Waals surface area contributed by atoms with Crippen LogP contribution in [-0.4, -0.2) is 105 Å². The fourth-order valence-corrected chi connectivity index (χ4v) is 3.15. The maximum Gasteiger partial charge on any atom is 0.280 e. The molecule has 176 valence electrons. The fourth-order valence-electron chi connectivity index (χ4n) is 3.15. The number of hydrogen-bond acceptors (Lipinski definition) is 12. The molecule has 2 heterocycles. The molecule has 0 spiro atoms. The third-order valence-corrected chi connectivity index (χ3v) is 4.90. The molecule has 13 nitrogen and oxygen atoms in total. The number of aliphatic imine (C=N–C) groups is 1. The number of nitrogens with two attached hydrogens (primary N) is 1. The third kappa shape index (κ3) is 6.67. The van der Waals surface area contributed by atoms with Gasteiger partial charge in [-0.25, -0.2) is 0 Å². The van der Waals surface area contributed by atoms with Gasteiger partial charge in [-0.2, -0.15) is 4.98 Å². The van der Waals surface area contributed by atoms with E-state index >= 15 is 0 Å². The molecule has 1 unspecified atom stereocenters. The Morgan fingerprint density at radius 1 is 1.29 bits per heavy atom. The van der Waals surface area contributed by atoms with Crippen LogP contribution in [0.4, 0.5) is 17.5 Å². The maximum absolute atomic E-state index is 11.9. The summed E-state index contributed by atoms with van der Waals surface area (Å²) in [5, 5.41) is 51.4. The molecule has 2 rings (SSSR count). The van der Waals surface area contributed by atoms with Gasteiger partial charge in [-0.1, -0.05) is 0 Å². The minimum atomic E-state index is -1.47. The average Bonchev–Trinajstić information content (AvgIpc) is 2.74. The molecule has 1 aromatic rings. The van der Waals surface area contributed by atoms with Crippen LogP contribution >= 0.6 is 0 Å². The first-order valence-electron chi connectivity index (χ1n) is 9.93. The van der Waals surface area contributed by atoms with Gasteiger partial charge >= 0.3 is 0 Å². The molecule has 13 heteroatoms. The van der Waals surface area contributed by atoms with Crippen LogP contribution in [0.2, 0.25) is 0 Å². The predicted molar refractivity (Wildman–Crippen MR) is 111 cm³/mol. The standard InChI is InChI=1S/C18H31N5O8/c1-2-20-12-16(22-18(19)23-17(12)29)21-4-3-9(5-24)7-30-8-11-14(27)15(28)13(26)10(6-25)31-11/h2,9-11,13-15,24-28H,3-8H2,1H3,(H4,19,21,22,23,29)/t9?,10-,11+,13+,14+,15+/m1/s1. The number of rotatable bonds is 11. The van der Waals surface area contributed by atoms with Gasteiger partial charge in [0.05, 0.1) is 19.8 Å². The summed E-state index contributed by atoms with van der Waals surface area (Å²) in [4.78, 5) is 22.3. The minimum absolute atomic E-state index is 0.0517. The molecule has 0 saturated carbocycles. The lowest BCUT2D eigenvalue weighted by atomic mass is 9.95. The largest absolute Gasteiger partial charge is 0.396 e. The van der Waals surface area contributed by atoms with Crippen molar-refractivity contribution in [1.29, 1.82) is 0 Å². The maximum atomic E-state index is 11.9. The monoisotopic (exact) mass is 445 g/mol. The molecular weight excluding hydrogens is 414 g/mol. The average molecular weight is 445 g/mol. The summed E-state index contributed by atoms with van der Waals surface area (Å²) in [7, 11) is 0. The van der Waals surface area contributed by atoms with E-state index in [0.29, 0.717) is 13.0 Å². The van der Waals surface area contributed by atoms with Crippen molar-refractivity contribution in [3.63, 3.8) is 0 Å². The Morgan fingerprint density at radius 2 is 2.00 bits per heavy atom. The van der Waals surface area contributed by atoms with Crippen LogP contribution < -0.4 is 16.6 Å². The van der Waals surface area contributed by atoms with Crippen LogP contribution in [0.1, 0.15) is 13.3 Å². The second-order valence-corrected chi connectivity index (χ2v) is 7.20. The van der Waals surface area contributed by atoms with Gasteiger partial charge in [-0.05, 0) is 13.3 Å². The number of nitrogens with one attached hydrogen (secondary N) is 2. The number of H-pyrrole nitrogens is 1. The molecule has 1 aromatic heterocycles. The quantitative estimate of drug-likeness (QED) is 0.164. The van der Waals surface area contributed by atoms with Gasteiger partial charge in [0.25, 0.3) is 5.56 Å². The van der Waals surface area contributed by atoms with Crippen LogP contribution in [0.25, 0.3) is 0 Å². The van der Waals surface area contributed by atoms with E-state index < -0.39 is 42.7 Å². The van der Waals surface area contributed by atoms with Crippen LogP contribution in [0.5, 0.6) is 0 Å². The highest BCUT2D eigenvalue weighted by Crippen LogP contribution is 2.22. The van der Waals surface area contributed by atoms with Gasteiger partial charge in [-0.15, -0.1) is 0 Å². The smallest absolute Gasteiger partial charge is 0.280 e. The van der Waals surface area contributed by atoms with Crippen LogP contribution in [-0.2, 0) is 9.47 Å². The summed E-state index contributed by atoms with van der Waals surface area (Å²) >= 11 is 0. The molecule has 0 radical (unpaired) electrons. The highest BCUT2D eigenvalue weighted by Gasteiger charge is 2.43. The first-order chi connectivity index (χ1) is 14.8. The lowest BCUT2D eigenvalue weighted by molar-refractivity contribution is -0.239. The van der Waals surface area contributed by atoms with Crippen molar-refractivity contribution in [3.8, 4) is 0 Å². The summed E-state index contributed by atoms with van der Waals surface area (Å²) in [5.41, 5.74) is 5.18. The molecule has 31 heavy (non-hydrogen) atoms. The molecule has 0 bridgehead atoms. The Kier molecular flexibility index (Phi) is 9.77. The van der Waals surface area contributed by atoms with Crippen molar-refractivity contribution in [3.05, 3.63) is 10.4 Å². The molecule has 6 atom stereocenters. The first-order valence-corrected chi connectivity index (χ1v) is 9.93. The first kappa shape index (κ1) is 25.1. The van der Waals surface area contributed by atoms with E-state index in [1.165, 1.54) is 6.21 Å². The minimum Gasteiger partial charge on any atom is -0.396 e. The fraction of sp³-hybridized carbons (Fsp3) is 0.722. The number of aromatic amines is 1.